The second kappa shape index (κ2) is 6.81. The maximum absolute atomic E-state index is 12.8. The summed E-state index contributed by atoms with van der Waals surface area (Å²) >= 11 is 0. The van der Waals surface area contributed by atoms with Crippen LogP contribution < -0.4 is 10.1 Å². The summed E-state index contributed by atoms with van der Waals surface area (Å²) in [5, 5.41) is 11.7. The fraction of sp³-hybridized carbons (Fsp3) is 0.417. The molecule has 1 aromatic carbocycles. The predicted octanol–water partition coefficient (Wildman–Crippen LogP) is 2.24. The smallest absolute Gasteiger partial charge is 0.162 e. The van der Waals surface area contributed by atoms with Gasteiger partial charge in [-0.15, -0.1) is 0 Å². The van der Waals surface area contributed by atoms with Crippen molar-refractivity contribution in [2.24, 2.45) is 0 Å². The SMILES string of the molecule is CCNC(C#N)CCOc1ccc(F)c(F)c1. The minimum atomic E-state index is -0.939. The summed E-state index contributed by atoms with van der Waals surface area (Å²) in [6, 6.07) is 5.15. The highest BCUT2D eigenvalue weighted by atomic mass is 19.2. The zero-order chi connectivity index (χ0) is 12.7. The van der Waals surface area contributed by atoms with Crippen molar-refractivity contribution in [2.75, 3.05) is 13.2 Å². The Morgan fingerprint density at radius 2 is 2.18 bits per heavy atom. The maximum Gasteiger partial charge on any atom is 0.162 e. The Morgan fingerprint density at radius 3 is 2.76 bits per heavy atom. The maximum atomic E-state index is 12.8. The Kier molecular flexibility index (Phi) is 5.37. The molecule has 0 fully saturated rings. The van der Waals surface area contributed by atoms with Gasteiger partial charge in [-0.25, -0.2) is 8.78 Å². The van der Waals surface area contributed by atoms with Crippen LogP contribution in [0.4, 0.5) is 8.78 Å². The van der Waals surface area contributed by atoms with Crippen molar-refractivity contribution >= 4 is 0 Å². The van der Waals surface area contributed by atoms with Crippen LogP contribution in [-0.4, -0.2) is 19.2 Å². The molecule has 0 spiro atoms. The molecule has 1 unspecified atom stereocenters. The summed E-state index contributed by atoms with van der Waals surface area (Å²) in [7, 11) is 0. The number of nitrogens with zero attached hydrogens (tertiary/aromatic N) is 1. The number of rotatable bonds is 6. The normalized spacial score (nSPS) is 11.9. The Morgan fingerprint density at radius 1 is 1.41 bits per heavy atom. The average Bonchev–Trinajstić information content (AvgIpc) is 2.32. The van der Waals surface area contributed by atoms with Gasteiger partial charge in [0.25, 0.3) is 0 Å². The van der Waals surface area contributed by atoms with Crippen LogP contribution in [0.3, 0.4) is 0 Å². The number of halogens is 2. The summed E-state index contributed by atoms with van der Waals surface area (Å²) in [5.41, 5.74) is 0. The summed E-state index contributed by atoms with van der Waals surface area (Å²) in [6.07, 6.45) is 0.489. The molecule has 0 amide bonds. The molecule has 17 heavy (non-hydrogen) atoms. The molecule has 1 N–H and O–H groups in total. The van der Waals surface area contributed by atoms with Gasteiger partial charge in [-0.3, -0.25) is 0 Å². The molecule has 1 atom stereocenters. The van der Waals surface area contributed by atoms with E-state index in [1.807, 2.05) is 6.92 Å². The lowest BCUT2D eigenvalue weighted by Crippen LogP contribution is -2.28. The molecular weight excluding hydrogens is 226 g/mol. The molecule has 0 aliphatic heterocycles. The van der Waals surface area contributed by atoms with E-state index in [2.05, 4.69) is 11.4 Å². The van der Waals surface area contributed by atoms with Crippen molar-refractivity contribution < 1.29 is 13.5 Å². The van der Waals surface area contributed by atoms with E-state index in [9.17, 15) is 8.78 Å². The molecule has 0 bridgehead atoms. The summed E-state index contributed by atoms with van der Waals surface area (Å²) in [4.78, 5) is 0. The van der Waals surface area contributed by atoms with E-state index in [0.717, 1.165) is 12.1 Å². The third-order valence-electron chi connectivity index (χ3n) is 2.17. The Bertz CT molecular complexity index is 404. The van der Waals surface area contributed by atoms with Gasteiger partial charge in [-0.2, -0.15) is 5.26 Å². The first-order valence-electron chi connectivity index (χ1n) is 5.38. The predicted molar refractivity (Wildman–Crippen MR) is 59.5 cm³/mol. The third-order valence-corrected chi connectivity index (χ3v) is 2.17. The van der Waals surface area contributed by atoms with Crippen LogP contribution in [0.25, 0.3) is 0 Å². The Hall–Kier alpha value is -1.67. The van der Waals surface area contributed by atoms with Gasteiger partial charge in [0.1, 0.15) is 5.75 Å². The molecule has 1 rings (SSSR count). The quantitative estimate of drug-likeness (QED) is 0.829. The molecule has 0 aliphatic rings. The molecular formula is C12H14F2N2O. The molecule has 92 valence electrons. The number of nitriles is 1. The zero-order valence-electron chi connectivity index (χ0n) is 9.54. The number of nitrogens with one attached hydrogen (secondary N) is 1. The summed E-state index contributed by atoms with van der Waals surface area (Å²) < 4.78 is 30.7. The van der Waals surface area contributed by atoms with Gasteiger partial charge in [0, 0.05) is 12.5 Å². The first kappa shape index (κ1) is 13.4. The lowest BCUT2D eigenvalue weighted by atomic mass is 10.2. The van der Waals surface area contributed by atoms with E-state index in [4.69, 9.17) is 10.00 Å². The Labute approximate surface area is 99.0 Å². The van der Waals surface area contributed by atoms with Gasteiger partial charge in [0.2, 0.25) is 0 Å². The van der Waals surface area contributed by atoms with Crippen molar-refractivity contribution in [2.45, 2.75) is 19.4 Å². The van der Waals surface area contributed by atoms with E-state index in [1.165, 1.54) is 6.07 Å². The monoisotopic (exact) mass is 240 g/mol. The first-order chi connectivity index (χ1) is 8.17. The standard InChI is InChI=1S/C12H14F2N2O/c1-2-16-9(8-15)5-6-17-10-3-4-11(13)12(14)7-10/h3-4,7,9,16H,2,5-6H2,1H3. The largest absolute Gasteiger partial charge is 0.493 e. The topological polar surface area (TPSA) is 45.0 Å². The van der Waals surface area contributed by atoms with Gasteiger partial charge in [0.05, 0.1) is 18.7 Å². The highest BCUT2D eigenvalue weighted by Gasteiger charge is 2.06. The van der Waals surface area contributed by atoms with E-state index in [0.29, 0.717) is 13.0 Å². The van der Waals surface area contributed by atoms with Crippen LogP contribution in [0.2, 0.25) is 0 Å². The van der Waals surface area contributed by atoms with Gasteiger partial charge in [-0.05, 0) is 18.7 Å². The molecule has 5 heteroatoms. The first-order valence-corrected chi connectivity index (χ1v) is 5.38. The van der Waals surface area contributed by atoms with Crippen LogP contribution in [0.15, 0.2) is 18.2 Å². The van der Waals surface area contributed by atoms with Gasteiger partial charge in [0.15, 0.2) is 11.6 Å². The van der Waals surface area contributed by atoms with Crippen LogP contribution in [0, 0.1) is 23.0 Å². The van der Waals surface area contributed by atoms with E-state index in [1.54, 1.807) is 0 Å². The lowest BCUT2D eigenvalue weighted by Gasteiger charge is -2.10. The Balaban J connectivity index is 2.40. The molecule has 0 saturated carbocycles. The second-order valence-electron chi connectivity index (χ2n) is 3.45. The molecule has 3 nitrogen and oxygen atoms in total. The van der Waals surface area contributed by atoms with Crippen molar-refractivity contribution in [3.63, 3.8) is 0 Å². The highest BCUT2D eigenvalue weighted by molar-refractivity contribution is 5.23. The van der Waals surface area contributed by atoms with Crippen LogP contribution in [0.1, 0.15) is 13.3 Å². The number of hydrogen-bond donors (Lipinski definition) is 1. The lowest BCUT2D eigenvalue weighted by molar-refractivity contribution is 0.296. The number of hydrogen-bond acceptors (Lipinski definition) is 3. The average molecular weight is 240 g/mol. The highest BCUT2D eigenvalue weighted by Crippen LogP contribution is 2.15. The fourth-order valence-electron chi connectivity index (χ4n) is 1.32. The molecule has 0 radical (unpaired) electrons. The molecule has 0 aromatic heterocycles. The van der Waals surface area contributed by atoms with Crippen molar-refractivity contribution in [3.05, 3.63) is 29.8 Å². The summed E-state index contributed by atoms with van der Waals surface area (Å²) in [5.74, 6) is -1.58. The molecule has 1 aromatic rings. The van der Waals surface area contributed by atoms with Crippen LogP contribution in [-0.2, 0) is 0 Å². The third kappa shape index (κ3) is 4.37. The van der Waals surface area contributed by atoms with E-state index in [-0.39, 0.29) is 18.4 Å². The number of ether oxygens (including phenoxy) is 1. The molecule has 0 saturated heterocycles. The van der Waals surface area contributed by atoms with Gasteiger partial charge >= 0.3 is 0 Å². The fourth-order valence-corrected chi connectivity index (χ4v) is 1.32. The van der Waals surface area contributed by atoms with Crippen LogP contribution >= 0.6 is 0 Å². The second-order valence-corrected chi connectivity index (χ2v) is 3.45. The minimum absolute atomic E-state index is 0.261. The van der Waals surface area contributed by atoms with Crippen molar-refractivity contribution in [3.8, 4) is 11.8 Å². The molecule has 0 heterocycles. The van der Waals surface area contributed by atoms with E-state index < -0.39 is 11.6 Å². The summed E-state index contributed by atoms with van der Waals surface area (Å²) in [6.45, 7) is 2.88. The number of benzene rings is 1. The molecule has 0 aliphatic carbocycles. The minimum Gasteiger partial charge on any atom is -0.493 e. The van der Waals surface area contributed by atoms with Crippen molar-refractivity contribution in [1.82, 2.24) is 5.32 Å². The van der Waals surface area contributed by atoms with Crippen LogP contribution in [0.5, 0.6) is 5.75 Å². The zero-order valence-corrected chi connectivity index (χ0v) is 9.54. The van der Waals surface area contributed by atoms with E-state index >= 15 is 0 Å². The van der Waals surface area contributed by atoms with Gasteiger partial charge in [-0.1, -0.05) is 6.92 Å². The van der Waals surface area contributed by atoms with Gasteiger partial charge < -0.3 is 10.1 Å². The van der Waals surface area contributed by atoms with Crippen molar-refractivity contribution in [1.29, 1.82) is 5.26 Å².